The Bertz CT molecular complexity index is 635. The summed E-state index contributed by atoms with van der Waals surface area (Å²) in [7, 11) is 0. The fraction of sp³-hybridized carbons (Fsp3) is 0.133. The highest BCUT2D eigenvalue weighted by molar-refractivity contribution is 5.68. The molecule has 0 radical (unpaired) electrons. The Morgan fingerprint density at radius 3 is 2.40 bits per heavy atom. The lowest BCUT2D eigenvalue weighted by Crippen LogP contribution is -1.97. The number of hydrogen-bond acceptors (Lipinski definition) is 3. The van der Waals surface area contributed by atoms with E-state index in [0.717, 1.165) is 16.7 Å². The Morgan fingerprint density at radius 1 is 1.10 bits per heavy atom. The van der Waals surface area contributed by atoms with E-state index in [0.29, 0.717) is 6.42 Å². The van der Waals surface area contributed by atoms with Crippen LogP contribution in [0.1, 0.15) is 12.0 Å². The quantitative estimate of drug-likeness (QED) is 0.668. The number of carboxylic acids is 1. The van der Waals surface area contributed by atoms with Gasteiger partial charge in [-0.2, -0.15) is 0 Å². The smallest absolute Gasteiger partial charge is 0.303 e. The zero-order valence-corrected chi connectivity index (χ0v) is 10.7. The van der Waals surface area contributed by atoms with Crippen molar-refractivity contribution in [2.75, 3.05) is 0 Å². The Kier molecular flexibility index (Phi) is 4.10. The Morgan fingerprint density at radius 2 is 1.80 bits per heavy atom. The average Bonchev–Trinajstić information content (AvgIpc) is 2.46. The summed E-state index contributed by atoms with van der Waals surface area (Å²) in [5.41, 5.74) is 2.62. The van der Waals surface area contributed by atoms with Crippen molar-refractivity contribution in [2.45, 2.75) is 12.8 Å². The lowest BCUT2D eigenvalue weighted by atomic mass is 10.0. The van der Waals surface area contributed by atoms with E-state index >= 15 is 0 Å². The molecule has 20 heavy (non-hydrogen) atoms. The number of non-ortho nitro benzene ring substituents is 1. The van der Waals surface area contributed by atoms with Crippen LogP contribution in [-0.4, -0.2) is 16.0 Å². The van der Waals surface area contributed by atoms with Crippen LogP contribution in [0.2, 0.25) is 0 Å². The minimum atomic E-state index is -0.826. The fourth-order valence-electron chi connectivity index (χ4n) is 1.91. The first kappa shape index (κ1) is 13.7. The Hall–Kier alpha value is -2.69. The largest absolute Gasteiger partial charge is 0.481 e. The van der Waals surface area contributed by atoms with E-state index < -0.39 is 10.9 Å². The molecule has 0 aliphatic heterocycles. The topological polar surface area (TPSA) is 80.4 Å². The summed E-state index contributed by atoms with van der Waals surface area (Å²) in [5, 5.41) is 19.4. The van der Waals surface area contributed by atoms with Gasteiger partial charge in [0.25, 0.3) is 5.69 Å². The molecule has 0 unspecified atom stereocenters. The van der Waals surface area contributed by atoms with Crippen LogP contribution in [0.15, 0.2) is 48.5 Å². The fourth-order valence-corrected chi connectivity index (χ4v) is 1.91. The van der Waals surface area contributed by atoms with Crippen molar-refractivity contribution in [1.29, 1.82) is 0 Å². The number of aryl methyl sites for hydroxylation is 1. The van der Waals surface area contributed by atoms with Gasteiger partial charge < -0.3 is 5.11 Å². The summed E-state index contributed by atoms with van der Waals surface area (Å²) in [4.78, 5) is 20.8. The first-order valence-corrected chi connectivity index (χ1v) is 6.12. The summed E-state index contributed by atoms with van der Waals surface area (Å²) in [6, 6.07) is 13.8. The van der Waals surface area contributed by atoms with Gasteiger partial charge in [0.15, 0.2) is 0 Å². The highest BCUT2D eigenvalue weighted by Crippen LogP contribution is 2.24. The van der Waals surface area contributed by atoms with Crippen LogP contribution < -0.4 is 0 Å². The highest BCUT2D eigenvalue weighted by Gasteiger charge is 2.07. The summed E-state index contributed by atoms with van der Waals surface area (Å²) in [6.07, 6.45) is 0.570. The number of carboxylic acid groups (broad SMARTS) is 1. The molecule has 0 saturated heterocycles. The predicted molar refractivity (Wildman–Crippen MR) is 74.5 cm³/mol. The molecule has 5 heteroatoms. The van der Waals surface area contributed by atoms with Gasteiger partial charge in [0, 0.05) is 18.6 Å². The van der Waals surface area contributed by atoms with E-state index in [1.807, 2.05) is 24.3 Å². The molecule has 0 aliphatic rings. The third kappa shape index (κ3) is 3.41. The van der Waals surface area contributed by atoms with Crippen molar-refractivity contribution in [3.8, 4) is 11.1 Å². The van der Waals surface area contributed by atoms with Crippen molar-refractivity contribution in [1.82, 2.24) is 0 Å². The average molecular weight is 271 g/mol. The van der Waals surface area contributed by atoms with Crippen LogP contribution in [0.25, 0.3) is 11.1 Å². The molecule has 0 heterocycles. The standard InChI is InChI=1S/C15H13NO4/c17-15(18)9-6-11-4-7-12(8-5-11)13-2-1-3-14(10-13)16(19)20/h1-5,7-8,10H,6,9H2,(H,17,18). The van der Waals surface area contributed by atoms with Gasteiger partial charge in [-0.15, -0.1) is 0 Å². The minimum absolute atomic E-state index is 0.0532. The maximum absolute atomic E-state index is 10.7. The zero-order chi connectivity index (χ0) is 14.5. The molecule has 0 atom stereocenters. The third-order valence-electron chi connectivity index (χ3n) is 2.97. The SMILES string of the molecule is O=C(O)CCc1ccc(-c2cccc([N+](=O)[O-])c2)cc1. The van der Waals surface area contributed by atoms with Crippen molar-refractivity contribution >= 4 is 11.7 Å². The van der Waals surface area contributed by atoms with Crippen LogP contribution in [-0.2, 0) is 11.2 Å². The third-order valence-corrected chi connectivity index (χ3v) is 2.97. The van der Waals surface area contributed by atoms with Crippen molar-refractivity contribution in [3.63, 3.8) is 0 Å². The number of nitro groups is 1. The van der Waals surface area contributed by atoms with Crippen LogP contribution in [0.5, 0.6) is 0 Å². The van der Waals surface area contributed by atoms with Gasteiger partial charge in [0.05, 0.1) is 4.92 Å². The van der Waals surface area contributed by atoms with Crippen molar-refractivity contribution in [2.24, 2.45) is 0 Å². The number of nitro benzene ring substituents is 1. The molecule has 0 amide bonds. The first-order valence-electron chi connectivity index (χ1n) is 6.12. The van der Waals surface area contributed by atoms with Crippen molar-refractivity contribution in [3.05, 3.63) is 64.2 Å². The van der Waals surface area contributed by atoms with E-state index in [9.17, 15) is 14.9 Å². The van der Waals surface area contributed by atoms with Gasteiger partial charge >= 0.3 is 5.97 Å². The molecule has 0 bridgehead atoms. The molecule has 0 saturated carbocycles. The number of nitrogens with zero attached hydrogens (tertiary/aromatic N) is 1. The molecular formula is C15H13NO4. The van der Waals surface area contributed by atoms with Crippen LogP contribution in [0.4, 0.5) is 5.69 Å². The van der Waals surface area contributed by atoms with Crippen molar-refractivity contribution < 1.29 is 14.8 Å². The number of benzene rings is 2. The van der Waals surface area contributed by atoms with Crippen LogP contribution >= 0.6 is 0 Å². The van der Waals surface area contributed by atoms with E-state index in [4.69, 9.17) is 5.11 Å². The van der Waals surface area contributed by atoms with Crippen LogP contribution in [0.3, 0.4) is 0 Å². The monoisotopic (exact) mass is 271 g/mol. The predicted octanol–water partition coefficient (Wildman–Crippen LogP) is 3.28. The normalized spacial score (nSPS) is 10.2. The summed E-state index contributed by atoms with van der Waals surface area (Å²) < 4.78 is 0. The molecule has 2 aromatic rings. The molecule has 1 N–H and O–H groups in total. The van der Waals surface area contributed by atoms with Gasteiger partial charge in [-0.05, 0) is 23.1 Å². The first-order chi connectivity index (χ1) is 9.56. The maximum Gasteiger partial charge on any atom is 0.303 e. The number of aliphatic carboxylic acids is 1. The lowest BCUT2D eigenvalue weighted by Gasteiger charge is -2.04. The van der Waals surface area contributed by atoms with Gasteiger partial charge in [-0.25, -0.2) is 0 Å². The van der Waals surface area contributed by atoms with Gasteiger partial charge in [-0.1, -0.05) is 36.4 Å². The number of rotatable bonds is 5. The second-order valence-electron chi connectivity index (χ2n) is 4.40. The molecule has 2 rings (SSSR count). The number of hydrogen-bond donors (Lipinski definition) is 1. The molecule has 102 valence electrons. The Balaban J connectivity index is 2.19. The molecule has 5 nitrogen and oxygen atoms in total. The zero-order valence-electron chi connectivity index (χ0n) is 10.7. The summed E-state index contributed by atoms with van der Waals surface area (Å²) >= 11 is 0. The molecule has 2 aromatic carbocycles. The van der Waals surface area contributed by atoms with E-state index in [-0.39, 0.29) is 12.1 Å². The highest BCUT2D eigenvalue weighted by atomic mass is 16.6. The van der Waals surface area contributed by atoms with Gasteiger partial charge in [0.1, 0.15) is 0 Å². The van der Waals surface area contributed by atoms with Crippen LogP contribution in [0, 0.1) is 10.1 Å². The molecule has 0 spiro atoms. The second kappa shape index (κ2) is 5.97. The van der Waals surface area contributed by atoms with Gasteiger partial charge in [0.2, 0.25) is 0 Å². The van der Waals surface area contributed by atoms with E-state index in [1.54, 1.807) is 12.1 Å². The maximum atomic E-state index is 10.7. The molecule has 0 aliphatic carbocycles. The molecular weight excluding hydrogens is 258 g/mol. The van der Waals surface area contributed by atoms with E-state index in [2.05, 4.69) is 0 Å². The molecule has 0 aromatic heterocycles. The number of carbonyl (C=O) groups is 1. The Labute approximate surface area is 115 Å². The second-order valence-corrected chi connectivity index (χ2v) is 4.40. The minimum Gasteiger partial charge on any atom is -0.481 e. The summed E-state index contributed by atoms with van der Waals surface area (Å²) in [5.74, 6) is -0.826. The summed E-state index contributed by atoms with van der Waals surface area (Å²) in [6.45, 7) is 0. The molecule has 0 fully saturated rings. The van der Waals surface area contributed by atoms with Gasteiger partial charge in [-0.3, -0.25) is 14.9 Å². The van der Waals surface area contributed by atoms with E-state index in [1.165, 1.54) is 12.1 Å². The lowest BCUT2D eigenvalue weighted by molar-refractivity contribution is -0.384.